The Morgan fingerprint density at radius 1 is 1.00 bits per heavy atom. The fourth-order valence-corrected chi connectivity index (χ4v) is 4.42. The number of amides is 5. The zero-order valence-electron chi connectivity index (χ0n) is 20.3. The molecule has 0 saturated carbocycles. The van der Waals surface area contributed by atoms with Crippen molar-refractivity contribution < 1.29 is 28.7 Å². The summed E-state index contributed by atoms with van der Waals surface area (Å²) in [5, 5.41) is 5.84. The average Bonchev–Trinajstić information content (AvgIpc) is 2.88. The molecule has 200 valence electrons. The Kier molecular flexibility index (Phi) is 8.90. The van der Waals surface area contributed by atoms with Crippen molar-refractivity contribution in [2.75, 3.05) is 23.4 Å². The van der Waals surface area contributed by atoms with E-state index in [1.165, 1.54) is 30.3 Å². The molecule has 0 aromatic heterocycles. The fraction of sp³-hybridized carbons (Fsp3) is 0.111. The third-order valence-electron chi connectivity index (χ3n) is 5.30. The van der Waals surface area contributed by atoms with E-state index in [4.69, 9.17) is 32.7 Å². The molecule has 1 heterocycles. The first-order valence-corrected chi connectivity index (χ1v) is 13.0. The number of carbonyl (C=O) groups excluding carboxylic acids is 4. The molecule has 0 radical (unpaired) electrons. The van der Waals surface area contributed by atoms with E-state index in [1.54, 1.807) is 43.3 Å². The molecule has 4 rings (SSSR count). The van der Waals surface area contributed by atoms with Gasteiger partial charge in [0.2, 0.25) is 0 Å². The number of carbonyl (C=O) groups is 4. The molecule has 0 spiro atoms. The summed E-state index contributed by atoms with van der Waals surface area (Å²) in [6.07, 6.45) is 1.33. The summed E-state index contributed by atoms with van der Waals surface area (Å²) in [5.74, 6) is -1.54. The van der Waals surface area contributed by atoms with Crippen LogP contribution >= 0.6 is 39.1 Å². The molecule has 0 bridgehead atoms. The summed E-state index contributed by atoms with van der Waals surface area (Å²) >= 11 is 15.2. The number of barbiturate groups is 1. The molecule has 12 heteroatoms. The highest BCUT2D eigenvalue weighted by atomic mass is 79.9. The van der Waals surface area contributed by atoms with Gasteiger partial charge in [0.15, 0.2) is 18.1 Å². The zero-order valence-corrected chi connectivity index (χ0v) is 23.4. The largest absolute Gasteiger partial charge is 0.490 e. The standard InChI is InChI=1S/C27H20BrCl2N3O6/c1-2-38-22-13-15(12-21(28)24(22)39-14-23(34)31-18-7-3-16(29)4-8-18)11-20-25(35)32-27(37)33(26(20)36)19-9-5-17(30)6-10-19/h3-13H,2,14H2,1H3,(H,31,34)(H,32,35,37)/b20-11+. The van der Waals surface area contributed by atoms with E-state index >= 15 is 0 Å². The number of rotatable bonds is 8. The number of anilines is 2. The maximum Gasteiger partial charge on any atom is 0.335 e. The molecular weight excluding hydrogens is 613 g/mol. The second-order valence-electron chi connectivity index (χ2n) is 8.04. The second kappa shape index (κ2) is 12.3. The Morgan fingerprint density at radius 3 is 2.28 bits per heavy atom. The number of halogens is 3. The van der Waals surface area contributed by atoms with E-state index in [2.05, 4.69) is 26.6 Å². The van der Waals surface area contributed by atoms with Crippen LogP contribution in [0.5, 0.6) is 11.5 Å². The monoisotopic (exact) mass is 631 g/mol. The molecular formula is C27H20BrCl2N3O6. The first-order chi connectivity index (χ1) is 18.7. The molecule has 0 unspecified atom stereocenters. The maximum absolute atomic E-state index is 13.2. The van der Waals surface area contributed by atoms with Crippen molar-refractivity contribution in [1.29, 1.82) is 0 Å². The smallest absolute Gasteiger partial charge is 0.335 e. The molecule has 3 aromatic rings. The minimum Gasteiger partial charge on any atom is -0.490 e. The summed E-state index contributed by atoms with van der Waals surface area (Å²) in [6.45, 7) is 1.72. The lowest BCUT2D eigenvalue weighted by Crippen LogP contribution is -2.54. The number of hydrogen-bond acceptors (Lipinski definition) is 6. The van der Waals surface area contributed by atoms with Gasteiger partial charge in [-0.3, -0.25) is 19.7 Å². The molecule has 5 amide bonds. The molecule has 9 nitrogen and oxygen atoms in total. The van der Waals surface area contributed by atoms with Crippen molar-refractivity contribution in [3.63, 3.8) is 0 Å². The van der Waals surface area contributed by atoms with E-state index in [0.29, 0.717) is 25.8 Å². The quantitative estimate of drug-likeness (QED) is 0.238. The van der Waals surface area contributed by atoms with Crippen LogP contribution in [-0.4, -0.2) is 37.0 Å². The average molecular weight is 633 g/mol. The van der Waals surface area contributed by atoms with Gasteiger partial charge >= 0.3 is 6.03 Å². The second-order valence-corrected chi connectivity index (χ2v) is 9.77. The van der Waals surface area contributed by atoms with Crippen molar-refractivity contribution in [2.24, 2.45) is 0 Å². The molecule has 2 N–H and O–H groups in total. The van der Waals surface area contributed by atoms with Crippen molar-refractivity contribution >= 4 is 80.3 Å². The summed E-state index contributed by atoms with van der Waals surface area (Å²) in [4.78, 5) is 51.4. The summed E-state index contributed by atoms with van der Waals surface area (Å²) in [6, 6.07) is 14.9. The van der Waals surface area contributed by atoms with Gasteiger partial charge in [0.25, 0.3) is 17.7 Å². The molecule has 0 atom stereocenters. The van der Waals surface area contributed by atoms with Crippen LogP contribution in [0.2, 0.25) is 10.0 Å². The van der Waals surface area contributed by atoms with Gasteiger partial charge < -0.3 is 14.8 Å². The number of hydrogen-bond donors (Lipinski definition) is 2. The van der Waals surface area contributed by atoms with Crippen LogP contribution in [0.25, 0.3) is 6.08 Å². The Labute approximate surface area is 241 Å². The molecule has 0 aliphatic carbocycles. The van der Waals surface area contributed by atoms with Crippen LogP contribution in [0.1, 0.15) is 12.5 Å². The number of urea groups is 1. The van der Waals surface area contributed by atoms with Gasteiger partial charge in [-0.25, -0.2) is 9.69 Å². The number of benzene rings is 3. The van der Waals surface area contributed by atoms with Gasteiger partial charge in [-0.05, 0) is 95.2 Å². The van der Waals surface area contributed by atoms with Crippen LogP contribution < -0.4 is 25.0 Å². The topological polar surface area (TPSA) is 114 Å². The minimum absolute atomic E-state index is 0.247. The van der Waals surface area contributed by atoms with Gasteiger partial charge in [0.1, 0.15) is 5.57 Å². The molecule has 1 aliphatic heterocycles. The van der Waals surface area contributed by atoms with Gasteiger partial charge in [0, 0.05) is 15.7 Å². The van der Waals surface area contributed by atoms with Gasteiger partial charge in [-0.1, -0.05) is 23.2 Å². The van der Waals surface area contributed by atoms with Crippen molar-refractivity contribution in [3.05, 3.63) is 86.3 Å². The SMILES string of the molecule is CCOc1cc(/C=C2\C(=O)NC(=O)N(c3ccc(Cl)cc3)C2=O)cc(Br)c1OCC(=O)Nc1ccc(Cl)cc1. The highest BCUT2D eigenvalue weighted by Gasteiger charge is 2.36. The Hall–Kier alpha value is -3.86. The zero-order chi connectivity index (χ0) is 28.1. The molecule has 39 heavy (non-hydrogen) atoms. The Balaban J connectivity index is 1.57. The van der Waals surface area contributed by atoms with E-state index in [0.717, 1.165) is 4.90 Å². The van der Waals surface area contributed by atoms with Crippen molar-refractivity contribution in [3.8, 4) is 11.5 Å². The number of nitrogens with one attached hydrogen (secondary N) is 2. The van der Waals surface area contributed by atoms with Crippen LogP contribution in [0.4, 0.5) is 16.2 Å². The van der Waals surface area contributed by atoms with Crippen LogP contribution in [0.15, 0.2) is 70.7 Å². The predicted octanol–water partition coefficient (Wildman–Crippen LogP) is 5.84. The number of imide groups is 2. The predicted molar refractivity (Wildman–Crippen MR) is 151 cm³/mol. The van der Waals surface area contributed by atoms with E-state index in [1.807, 2.05) is 0 Å². The lowest BCUT2D eigenvalue weighted by molar-refractivity contribution is -0.122. The first-order valence-electron chi connectivity index (χ1n) is 11.5. The summed E-state index contributed by atoms with van der Waals surface area (Å²) < 4.78 is 11.8. The Bertz CT molecular complexity index is 1480. The van der Waals surface area contributed by atoms with Gasteiger partial charge in [-0.15, -0.1) is 0 Å². The Morgan fingerprint density at radius 2 is 1.64 bits per heavy atom. The minimum atomic E-state index is -0.874. The fourth-order valence-electron chi connectivity index (χ4n) is 3.59. The third-order valence-corrected chi connectivity index (χ3v) is 6.40. The molecule has 1 saturated heterocycles. The highest BCUT2D eigenvalue weighted by molar-refractivity contribution is 9.10. The van der Waals surface area contributed by atoms with Crippen molar-refractivity contribution in [2.45, 2.75) is 6.92 Å². The van der Waals surface area contributed by atoms with Crippen LogP contribution in [0, 0.1) is 0 Å². The third kappa shape index (κ3) is 6.78. The molecule has 3 aromatic carbocycles. The first kappa shape index (κ1) is 28.2. The van der Waals surface area contributed by atoms with Gasteiger partial charge in [0.05, 0.1) is 16.8 Å². The van der Waals surface area contributed by atoms with E-state index in [9.17, 15) is 19.2 Å². The van der Waals surface area contributed by atoms with Crippen LogP contribution in [-0.2, 0) is 14.4 Å². The molecule has 1 aliphatic rings. The van der Waals surface area contributed by atoms with E-state index < -0.39 is 23.8 Å². The number of nitrogens with zero attached hydrogens (tertiary/aromatic N) is 1. The van der Waals surface area contributed by atoms with Crippen LogP contribution in [0.3, 0.4) is 0 Å². The lowest BCUT2D eigenvalue weighted by atomic mass is 10.1. The van der Waals surface area contributed by atoms with Crippen molar-refractivity contribution in [1.82, 2.24) is 5.32 Å². The van der Waals surface area contributed by atoms with E-state index in [-0.39, 0.29) is 36.0 Å². The number of ether oxygens (including phenoxy) is 2. The summed E-state index contributed by atoms with van der Waals surface area (Å²) in [5.41, 5.74) is 0.944. The maximum atomic E-state index is 13.2. The normalized spacial score (nSPS) is 14.3. The summed E-state index contributed by atoms with van der Waals surface area (Å²) in [7, 11) is 0. The highest BCUT2D eigenvalue weighted by Crippen LogP contribution is 2.38. The molecule has 1 fully saturated rings. The van der Waals surface area contributed by atoms with Gasteiger partial charge in [-0.2, -0.15) is 0 Å². The lowest BCUT2D eigenvalue weighted by Gasteiger charge is -2.26.